The van der Waals surface area contributed by atoms with Crippen molar-refractivity contribution in [3.63, 3.8) is 0 Å². The average molecular weight is 192 g/mol. The molecule has 2 unspecified atom stereocenters. The summed E-state index contributed by atoms with van der Waals surface area (Å²) in [5, 5.41) is 0. The van der Waals surface area contributed by atoms with Gasteiger partial charge >= 0.3 is 0 Å². The van der Waals surface area contributed by atoms with Crippen LogP contribution in [0, 0.1) is 5.92 Å². The number of ether oxygens (including phenoxy) is 1. The number of nitrogens with two attached hydrogens (primary N) is 1. The normalized spacial score (nSPS) is 31.6. The van der Waals surface area contributed by atoms with Crippen LogP contribution in [0.25, 0.3) is 0 Å². The summed E-state index contributed by atoms with van der Waals surface area (Å²) < 4.78 is 4.55. The monoisotopic (exact) mass is 191 g/mol. The lowest BCUT2D eigenvalue weighted by Gasteiger charge is -2.07. The molecule has 0 saturated heterocycles. The second-order valence-electron chi connectivity index (χ2n) is 3.00. The largest absolute Gasteiger partial charge is 0.468 e. The molecule has 3 nitrogen and oxygen atoms in total. The molecule has 0 aromatic heterocycles. The zero-order chi connectivity index (χ0) is 8.32. The molecule has 0 aromatic carbocycles. The zero-order valence-electron chi connectivity index (χ0n) is 6.86. The molecule has 1 fully saturated rings. The van der Waals surface area contributed by atoms with E-state index in [1.807, 2.05) is 6.08 Å². The van der Waals surface area contributed by atoms with E-state index in [4.69, 9.17) is 5.73 Å². The highest BCUT2D eigenvalue weighted by Gasteiger charge is 2.48. The van der Waals surface area contributed by atoms with Gasteiger partial charge in [-0.05, 0) is 12.3 Å². The minimum atomic E-state index is -0.134. The van der Waals surface area contributed by atoms with Gasteiger partial charge in [-0.1, -0.05) is 6.08 Å². The molecule has 70 valence electrons. The van der Waals surface area contributed by atoms with Crippen LogP contribution in [0.1, 0.15) is 12.8 Å². The first-order valence-corrected chi connectivity index (χ1v) is 3.69. The van der Waals surface area contributed by atoms with Gasteiger partial charge < -0.3 is 10.5 Å². The average Bonchev–Trinajstić information content (AvgIpc) is 2.63. The molecular formula is C8H14ClNO2. The van der Waals surface area contributed by atoms with Crippen molar-refractivity contribution in [1.82, 2.24) is 0 Å². The van der Waals surface area contributed by atoms with E-state index in [0.29, 0.717) is 19.0 Å². The molecule has 2 atom stereocenters. The Labute approximate surface area is 78.4 Å². The van der Waals surface area contributed by atoms with Gasteiger partial charge in [0.05, 0.1) is 6.61 Å². The molecular weight excluding hydrogens is 178 g/mol. The Bertz CT molecular complexity index is 174. The minimum absolute atomic E-state index is 0. The molecule has 0 bridgehead atoms. The van der Waals surface area contributed by atoms with Gasteiger partial charge in [-0.15, -0.1) is 19.0 Å². The summed E-state index contributed by atoms with van der Waals surface area (Å²) in [4.78, 5) is 9.78. The Morgan fingerprint density at radius 3 is 2.83 bits per heavy atom. The van der Waals surface area contributed by atoms with Crippen LogP contribution in [0.4, 0.5) is 0 Å². The van der Waals surface area contributed by atoms with Crippen LogP contribution in [-0.2, 0) is 9.53 Å². The van der Waals surface area contributed by atoms with Gasteiger partial charge in [0, 0.05) is 12.0 Å². The summed E-state index contributed by atoms with van der Waals surface area (Å²) in [5.74, 6) is 0.415. The molecule has 0 aliphatic heterocycles. The number of hydrogen-bond donors (Lipinski definition) is 1. The van der Waals surface area contributed by atoms with Crippen molar-refractivity contribution in [3.8, 4) is 0 Å². The van der Waals surface area contributed by atoms with Crippen LogP contribution in [-0.4, -0.2) is 18.6 Å². The lowest BCUT2D eigenvalue weighted by molar-refractivity contribution is -0.128. The lowest BCUT2D eigenvalue weighted by atomic mass is 10.1. The van der Waals surface area contributed by atoms with Crippen molar-refractivity contribution in [3.05, 3.63) is 12.7 Å². The molecule has 12 heavy (non-hydrogen) atoms. The topological polar surface area (TPSA) is 52.3 Å². The third-order valence-corrected chi connectivity index (χ3v) is 2.22. The van der Waals surface area contributed by atoms with Gasteiger partial charge in [0.2, 0.25) is 0 Å². The molecule has 0 radical (unpaired) electrons. The van der Waals surface area contributed by atoms with Gasteiger partial charge in [0.1, 0.15) is 0 Å². The van der Waals surface area contributed by atoms with Gasteiger partial charge in [-0.2, -0.15) is 0 Å². The molecule has 0 aromatic rings. The lowest BCUT2D eigenvalue weighted by Crippen LogP contribution is -2.26. The fourth-order valence-corrected chi connectivity index (χ4v) is 1.25. The Balaban J connectivity index is 0.00000121. The van der Waals surface area contributed by atoms with Crippen molar-refractivity contribution < 1.29 is 9.53 Å². The molecule has 0 spiro atoms. The first-order valence-electron chi connectivity index (χ1n) is 3.69. The summed E-state index contributed by atoms with van der Waals surface area (Å²) in [6.45, 7) is 4.53. The fourth-order valence-electron chi connectivity index (χ4n) is 1.25. The molecule has 1 aliphatic carbocycles. The van der Waals surface area contributed by atoms with Crippen LogP contribution in [0.3, 0.4) is 0 Å². The molecule has 0 amide bonds. The Kier molecular flexibility index (Phi) is 4.28. The Morgan fingerprint density at radius 2 is 2.42 bits per heavy atom. The van der Waals surface area contributed by atoms with E-state index in [1.54, 1.807) is 0 Å². The maximum absolute atomic E-state index is 9.78. The van der Waals surface area contributed by atoms with E-state index >= 15 is 0 Å². The summed E-state index contributed by atoms with van der Waals surface area (Å²) >= 11 is 0. The van der Waals surface area contributed by atoms with Crippen molar-refractivity contribution in [2.24, 2.45) is 11.7 Å². The van der Waals surface area contributed by atoms with E-state index in [9.17, 15) is 4.79 Å². The number of carbonyl (C=O) groups is 1. The van der Waals surface area contributed by atoms with E-state index in [0.717, 1.165) is 12.8 Å². The second kappa shape index (κ2) is 4.48. The highest BCUT2D eigenvalue weighted by molar-refractivity contribution is 5.85. The van der Waals surface area contributed by atoms with E-state index < -0.39 is 0 Å². The van der Waals surface area contributed by atoms with Gasteiger partial charge in [0.15, 0.2) is 0 Å². The van der Waals surface area contributed by atoms with E-state index in [-0.39, 0.29) is 17.9 Å². The Hall–Kier alpha value is -0.540. The van der Waals surface area contributed by atoms with Crippen LogP contribution in [0.15, 0.2) is 12.7 Å². The number of halogens is 1. The van der Waals surface area contributed by atoms with Crippen molar-refractivity contribution in [2.75, 3.05) is 6.61 Å². The SMILES string of the molecule is C=CC1CC1(N)CCOC=O.Cl. The van der Waals surface area contributed by atoms with Crippen molar-refractivity contribution in [2.45, 2.75) is 18.4 Å². The second-order valence-corrected chi connectivity index (χ2v) is 3.00. The molecule has 4 heteroatoms. The first-order chi connectivity index (χ1) is 5.23. The third-order valence-electron chi connectivity index (χ3n) is 2.22. The van der Waals surface area contributed by atoms with Crippen LogP contribution in [0.2, 0.25) is 0 Å². The van der Waals surface area contributed by atoms with Crippen LogP contribution < -0.4 is 5.73 Å². The highest BCUT2D eigenvalue weighted by atomic mass is 35.5. The third kappa shape index (κ3) is 2.50. The first kappa shape index (κ1) is 11.5. The Morgan fingerprint density at radius 1 is 1.75 bits per heavy atom. The number of carbonyl (C=O) groups excluding carboxylic acids is 1. The summed E-state index contributed by atoms with van der Waals surface area (Å²) in [6.07, 6.45) is 3.57. The molecule has 2 N–H and O–H groups in total. The fraction of sp³-hybridized carbons (Fsp3) is 0.625. The quantitative estimate of drug-likeness (QED) is 0.399. The van der Waals surface area contributed by atoms with Crippen LogP contribution in [0.5, 0.6) is 0 Å². The predicted octanol–water partition coefficient (Wildman–Crippen LogP) is 0.875. The van der Waals surface area contributed by atoms with Crippen LogP contribution >= 0.6 is 12.4 Å². The standard InChI is InChI=1S/C8H13NO2.ClH/c1-2-7-5-8(7,9)3-4-11-6-10;/h2,6-7H,1,3-5,9H2;1H. The van der Waals surface area contributed by atoms with E-state index in [1.165, 1.54) is 0 Å². The zero-order valence-corrected chi connectivity index (χ0v) is 7.68. The minimum Gasteiger partial charge on any atom is -0.468 e. The van der Waals surface area contributed by atoms with Gasteiger partial charge in [-0.3, -0.25) is 4.79 Å². The molecule has 1 saturated carbocycles. The van der Waals surface area contributed by atoms with Crippen molar-refractivity contribution >= 4 is 18.9 Å². The molecule has 1 aliphatic rings. The molecule has 0 heterocycles. The summed E-state index contributed by atoms with van der Waals surface area (Å²) in [5.41, 5.74) is 5.74. The number of rotatable bonds is 5. The van der Waals surface area contributed by atoms with Crippen molar-refractivity contribution in [1.29, 1.82) is 0 Å². The maximum Gasteiger partial charge on any atom is 0.293 e. The summed E-state index contributed by atoms with van der Waals surface area (Å²) in [7, 11) is 0. The summed E-state index contributed by atoms with van der Waals surface area (Å²) in [6, 6.07) is 0. The predicted molar refractivity (Wildman–Crippen MR) is 49.1 cm³/mol. The maximum atomic E-state index is 9.78. The highest BCUT2D eigenvalue weighted by Crippen LogP contribution is 2.44. The van der Waals surface area contributed by atoms with E-state index in [2.05, 4.69) is 11.3 Å². The molecule has 1 rings (SSSR count). The van der Waals surface area contributed by atoms with Gasteiger partial charge in [-0.25, -0.2) is 0 Å². The number of hydrogen-bond acceptors (Lipinski definition) is 3. The van der Waals surface area contributed by atoms with Gasteiger partial charge in [0.25, 0.3) is 6.47 Å². The smallest absolute Gasteiger partial charge is 0.293 e.